The Morgan fingerprint density at radius 3 is 2.78 bits per heavy atom. The van der Waals surface area contributed by atoms with Crippen LogP contribution in [0.5, 0.6) is 0 Å². The quantitative estimate of drug-likeness (QED) is 0.752. The summed E-state index contributed by atoms with van der Waals surface area (Å²) in [5, 5.41) is 7.56. The van der Waals surface area contributed by atoms with Gasteiger partial charge >= 0.3 is 0 Å². The third-order valence-corrected chi connectivity index (χ3v) is 2.45. The van der Waals surface area contributed by atoms with Crippen molar-refractivity contribution in [2.45, 2.75) is 6.54 Å². The summed E-state index contributed by atoms with van der Waals surface area (Å²) in [6, 6.07) is 9.73. The number of nitrogens with two attached hydrogens (primary N) is 1. The summed E-state index contributed by atoms with van der Waals surface area (Å²) in [6.45, 7) is 0.487. The molecular weight excluding hydrogens is 230 g/mol. The lowest BCUT2D eigenvalue weighted by Gasteiger charge is -1.94. The smallest absolute Gasteiger partial charge is 0.226 e. The highest BCUT2D eigenvalue weighted by molar-refractivity contribution is 5.52. The van der Waals surface area contributed by atoms with E-state index in [4.69, 9.17) is 10.2 Å². The Morgan fingerprint density at radius 2 is 2.06 bits per heavy atom. The fourth-order valence-corrected chi connectivity index (χ4v) is 1.65. The number of nitrogens with zero attached hydrogens (tertiary/aromatic N) is 4. The van der Waals surface area contributed by atoms with Crippen LogP contribution in [0.25, 0.3) is 11.5 Å². The zero-order chi connectivity index (χ0) is 12.4. The van der Waals surface area contributed by atoms with Crippen LogP contribution in [0.3, 0.4) is 0 Å². The predicted molar refractivity (Wildman–Crippen MR) is 65.5 cm³/mol. The zero-order valence-corrected chi connectivity index (χ0v) is 9.52. The van der Waals surface area contributed by atoms with Crippen molar-refractivity contribution in [1.29, 1.82) is 0 Å². The second-order valence-corrected chi connectivity index (χ2v) is 3.85. The summed E-state index contributed by atoms with van der Waals surface area (Å²) in [5.41, 5.74) is 7.21. The van der Waals surface area contributed by atoms with Crippen molar-refractivity contribution in [3.8, 4) is 11.5 Å². The van der Waals surface area contributed by atoms with Gasteiger partial charge in [-0.2, -0.15) is 0 Å². The molecule has 0 amide bonds. The van der Waals surface area contributed by atoms with E-state index in [1.54, 1.807) is 17.1 Å². The molecule has 0 bridgehead atoms. The van der Waals surface area contributed by atoms with Gasteiger partial charge in [0.05, 0.1) is 12.7 Å². The van der Waals surface area contributed by atoms with Gasteiger partial charge in [0.25, 0.3) is 0 Å². The first-order chi connectivity index (χ1) is 8.81. The molecule has 3 aromatic rings. The normalized spacial score (nSPS) is 10.7. The summed E-state index contributed by atoms with van der Waals surface area (Å²) in [4.78, 5) is 4.39. The minimum atomic E-state index is 0.391. The van der Waals surface area contributed by atoms with Gasteiger partial charge in [0, 0.05) is 5.56 Å². The molecule has 0 aliphatic carbocycles. The standard InChI is InChI=1S/C12H11N5O/c13-11-7-17(16-15-11)6-10-8-18-12(14-10)9-4-2-1-3-5-9/h1-5,7-8H,6,13H2. The van der Waals surface area contributed by atoms with Gasteiger partial charge in [-0.15, -0.1) is 5.10 Å². The van der Waals surface area contributed by atoms with Crippen LogP contribution in [0.4, 0.5) is 5.82 Å². The van der Waals surface area contributed by atoms with Gasteiger partial charge in [-0.1, -0.05) is 23.4 Å². The molecule has 18 heavy (non-hydrogen) atoms. The van der Waals surface area contributed by atoms with Gasteiger partial charge < -0.3 is 10.2 Å². The Hall–Kier alpha value is -2.63. The second kappa shape index (κ2) is 4.33. The Bertz CT molecular complexity index is 643. The van der Waals surface area contributed by atoms with Crippen LogP contribution in [-0.2, 0) is 6.54 Å². The van der Waals surface area contributed by atoms with Crippen LogP contribution in [0.15, 0.2) is 47.2 Å². The number of rotatable bonds is 3. The lowest BCUT2D eigenvalue weighted by atomic mass is 10.2. The molecule has 2 heterocycles. The van der Waals surface area contributed by atoms with Crippen molar-refractivity contribution in [3.05, 3.63) is 48.5 Å². The molecule has 0 fully saturated rings. The van der Waals surface area contributed by atoms with Gasteiger partial charge in [-0.3, -0.25) is 0 Å². The first-order valence-corrected chi connectivity index (χ1v) is 5.47. The summed E-state index contributed by atoms with van der Waals surface area (Å²) < 4.78 is 7.04. The van der Waals surface area contributed by atoms with Crippen LogP contribution >= 0.6 is 0 Å². The second-order valence-electron chi connectivity index (χ2n) is 3.85. The molecule has 2 N–H and O–H groups in total. The van der Waals surface area contributed by atoms with Crippen molar-refractivity contribution in [2.75, 3.05) is 5.73 Å². The lowest BCUT2D eigenvalue weighted by Crippen LogP contribution is -2.00. The van der Waals surface area contributed by atoms with Crippen LogP contribution < -0.4 is 5.73 Å². The molecule has 6 heteroatoms. The summed E-state index contributed by atoms with van der Waals surface area (Å²) in [6.07, 6.45) is 3.26. The van der Waals surface area contributed by atoms with Gasteiger partial charge in [0.2, 0.25) is 5.89 Å². The van der Waals surface area contributed by atoms with Crippen LogP contribution in [0, 0.1) is 0 Å². The SMILES string of the molecule is Nc1cn(Cc2coc(-c3ccccc3)n2)nn1. The van der Waals surface area contributed by atoms with E-state index in [0.29, 0.717) is 18.3 Å². The summed E-state index contributed by atoms with van der Waals surface area (Å²) >= 11 is 0. The van der Waals surface area contributed by atoms with Crippen molar-refractivity contribution in [1.82, 2.24) is 20.0 Å². The molecule has 0 aliphatic heterocycles. The number of aromatic nitrogens is 4. The molecule has 2 aromatic heterocycles. The number of hydrogen-bond donors (Lipinski definition) is 1. The maximum Gasteiger partial charge on any atom is 0.226 e. The monoisotopic (exact) mass is 241 g/mol. The van der Waals surface area contributed by atoms with E-state index in [1.807, 2.05) is 30.3 Å². The fraction of sp³-hybridized carbons (Fsp3) is 0.0833. The summed E-state index contributed by atoms with van der Waals surface area (Å²) in [7, 11) is 0. The third-order valence-electron chi connectivity index (χ3n) is 2.45. The Balaban J connectivity index is 1.82. The molecule has 3 rings (SSSR count). The molecule has 0 atom stereocenters. The minimum absolute atomic E-state index is 0.391. The zero-order valence-electron chi connectivity index (χ0n) is 9.52. The molecule has 0 radical (unpaired) electrons. The largest absolute Gasteiger partial charge is 0.444 e. The molecule has 0 saturated heterocycles. The predicted octanol–water partition coefficient (Wildman–Crippen LogP) is 1.56. The van der Waals surface area contributed by atoms with E-state index in [2.05, 4.69) is 15.3 Å². The highest BCUT2D eigenvalue weighted by Crippen LogP contribution is 2.18. The highest BCUT2D eigenvalue weighted by Gasteiger charge is 2.07. The maximum absolute atomic E-state index is 5.49. The number of nitrogen functional groups attached to an aromatic ring is 1. The van der Waals surface area contributed by atoms with Crippen LogP contribution in [0.2, 0.25) is 0 Å². The molecule has 0 aliphatic rings. The van der Waals surface area contributed by atoms with E-state index in [1.165, 1.54) is 0 Å². The Morgan fingerprint density at radius 1 is 1.22 bits per heavy atom. The number of anilines is 1. The van der Waals surface area contributed by atoms with Crippen LogP contribution in [0.1, 0.15) is 5.69 Å². The van der Waals surface area contributed by atoms with E-state index >= 15 is 0 Å². The number of oxazole rings is 1. The first kappa shape index (κ1) is 10.5. The van der Waals surface area contributed by atoms with Gasteiger partial charge in [-0.25, -0.2) is 9.67 Å². The minimum Gasteiger partial charge on any atom is -0.444 e. The molecular formula is C12H11N5O. The number of hydrogen-bond acceptors (Lipinski definition) is 5. The van der Waals surface area contributed by atoms with E-state index in [9.17, 15) is 0 Å². The molecule has 0 unspecified atom stereocenters. The molecule has 0 spiro atoms. The van der Waals surface area contributed by atoms with E-state index in [-0.39, 0.29) is 0 Å². The van der Waals surface area contributed by atoms with Gasteiger partial charge in [0.1, 0.15) is 12.0 Å². The van der Waals surface area contributed by atoms with Crippen LogP contribution in [-0.4, -0.2) is 20.0 Å². The van der Waals surface area contributed by atoms with E-state index in [0.717, 1.165) is 11.3 Å². The highest BCUT2D eigenvalue weighted by atomic mass is 16.3. The van der Waals surface area contributed by atoms with Crippen molar-refractivity contribution >= 4 is 5.82 Å². The molecule has 90 valence electrons. The van der Waals surface area contributed by atoms with Crippen molar-refractivity contribution in [3.63, 3.8) is 0 Å². The average Bonchev–Trinajstić information content (AvgIpc) is 3.01. The van der Waals surface area contributed by atoms with Gasteiger partial charge in [0.15, 0.2) is 5.82 Å². The molecule has 6 nitrogen and oxygen atoms in total. The third kappa shape index (κ3) is 2.08. The van der Waals surface area contributed by atoms with E-state index < -0.39 is 0 Å². The Labute approximate surface area is 103 Å². The fourth-order valence-electron chi connectivity index (χ4n) is 1.65. The van der Waals surface area contributed by atoms with Crippen molar-refractivity contribution < 1.29 is 4.42 Å². The maximum atomic E-state index is 5.49. The Kier molecular flexibility index (Phi) is 2.53. The average molecular weight is 241 g/mol. The van der Waals surface area contributed by atoms with Gasteiger partial charge in [-0.05, 0) is 12.1 Å². The first-order valence-electron chi connectivity index (χ1n) is 5.47. The lowest BCUT2D eigenvalue weighted by molar-refractivity contribution is 0.568. The molecule has 0 saturated carbocycles. The molecule has 1 aromatic carbocycles. The van der Waals surface area contributed by atoms with Crippen molar-refractivity contribution in [2.24, 2.45) is 0 Å². The topological polar surface area (TPSA) is 82.8 Å². The number of benzene rings is 1. The summed E-state index contributed by atoms with van der Waals surface area (Å²) in [5.74, 6) is 0.987.